The lowest BCUT2D eigenvalue weighted by molar-refractivity contribution is 0.402. The van der Waals surface area contributed by atoms with Crippen molar-refractivity contribution in [1.29, 1.82) is 0 Å². The summed E-state index contributed by atoms with van der Waals surface area (Å²) in [6, 6.07) is 9.27. The highest BCUT2D eigenvalue weighted by atomic mass is 15.1. The second kappa shape index (κ2) is 8.31. The molecule has 0 heterocycles. The molecular formula is C18H32N2. The van der Waals surface area contributed by atoms with Crippen LogP contribution in [0, 0.1) is 11.8 Å². The Labute approximate surface area is 125 Å². The molecule has 0 spiro atoms. The molecule has 1 aromatic carbocycles. The Bertz CT molecular complexity index is 373. The zero-order chi connectivity index (χ0) is 15.1. The van der Waals surface area contributed by atoms with Crippen molar-refractivity contribution in [1.82, 2.24) is 4.90 Å². The number of anilines is 1. The fourth-order valence-electron chi connectivity index (χ4n) is 2.71. The fourth-order valence-corrected chi connectivity index (χ4v) is 2.71. The first-order chi connectivity index (χ1) is 9.38. The highest BCUT2D eigenvalue weighted by molar-refractivity contribution is 5.51. The number of nitrogens with zero attached hydrogens (tertiary/aromatic N) is 1. The quantitative estimate of drug-likeness (QED) is 0.745. The number of benzene rings is 1. The smallest absolute Gasteiger partial charge is 0.0388 e. The van der Waals surface area contributed by atoms with Gasteiger partial charge < -0.3 is 10.2 Å². The molecule has 2 nitrogen and oxygen atoms in total. The second-order valence-electron chi connectivity index (χ2n) is 7.00. The number of hydrogen-bond acceptors (Lipinski definition) is 2. The molecule has 1 N–H and O–H groups in total. The van der Waals surface area contributed by atoms with E-state index in [4.69, 9.17) is 0 Å². The Morgan fingerprint density at radius 3 is 2.00 bits per heavy atom. The predicted molar refractivity (Wildman–Crippen MR) is 90.2 cm³/mol. The van der Waals surface area contributed by atoms with Gasteiger partial charge in [-0.3, -0.25) is 0 Å². The standard InChI is InChI=1S/C18H32N2/c1-14(2)11-17(12-15(3)4)19-18-10-8-7-9-16(18)13-20(5)6/h7-10,14-15,17,19H,11-13H2,1-6H3. The molecule has 114 valence electrons. The van der Waals surface area contributed by atoms with Gasteiger partial charge in [0, 0.05) is 18.3 Å². The Morgan fingerprint density at radius 1 is 0.950 bits per heavy atom. The third-order valence-electron chi connectivity index (χ3n) is 3.38. The van der Waals surface area contributed by atoms with E-state index < -0.39 is 0 Å². The van der Waals surface area contributed by atoms with Crippen LogP contribution in [0.5, 0.6) is 0 Å². The summed E-state index contributed by atoms with van der Waals surface area (Å²) in [5, 5.41) is 3.79. The van der Waals surface area contributed by atoms with Gasteiger partial charge in [-0.05, 0) is 50.4 Å². The van der Waals surface area contributed by atoms with E-state index in [1.807, 2.05) is 0 Å². The lowest BCUT2D eigenvalue weighted by Crippen LogP contribution is -2.25. The van der Waals surface area contributed by atoms with Crippen LogP contribution in [0.4, 0.5) is 5.69 Å². The lowest BCUT2D eigenvalue weighted by atomic mass is 9.95. The minimum absolute atomic E-state index is 0.568. The molecule has 0 unspecified atom stereocenters. The minimum Gasteiger partial charge on any atom is -0.382 e. The lowest BCUT2D eigenvalue weighted by Gasteiger charge is -2.25. The summed E-state index contributed by atoms with van der Waals surface area (Å²) in [4.78, 5) is 2.22. The Morgan fingerprint density at radius 2 is 1.50 bits per heavy atom. The van der Waals surface area contributed by atoms with Crippen molar-refractivity contribution >= 4 is 5.69 Å². The van der Waals surface area contributed by atoms with Gasteiger partial charge >= 0.3 is 0 Å². The molecule has 0 radical (unpaired) electrons. The van der Waals surface area contributed by atoms with Crippen LogP contribution in [0.3, 0.4) is 0 Å². The van der Waals surface area contributed by atoms with Gasteiger partial charge in [0.15, 0.2) is 0 Å². The van der Waals surface area contributed by atoms with Crippen molar-refractivity contribution < 1.29 is 0 Å². The number of nitrogens with one attached hydrogen (secondary N) is 1. The Balaban J connectivity index is 2.81. The molecule has 0 atom stereocenters. The highest BCUT2D eigenvalue weighted by Crippen LogP contribution is 2.22. The molecule has 0 aromatic heterocycles. The Hall–Kier alpha value is -1.02. The van der Waals surface area contributed by atoms with Crippen molar-refractivity contribution in [2.45, 2.75) is 53.1 Å². The molecule has 0 bridgehead atoms. The van der Waals surface area contributed by atoms with Crippen LogP contribution >= 0.6 is 0 Å². The summed E-state index contributed by atoms with van der Waals surface area (Å²) in [5.74, 6) is 1.46. The molecule has 2 heteroatoms. The number of rotatable bonds is 8. The van der Waals surface area contributed by atoms with Gasteiger partial charge in [-0.15, -0.1) is 0 Å². The monoisotopic (exact) mass is 276 g/mol. The van der Waals surface area contributed by atoms with Crippen LogP contribution < -0.4 is 5.32 Å². The summed E-state index contributed by atoms with van der Waals surface area (Å²) >= 11 is 0. The average molecular weight is 276 g/mol. The summed E-state index contributed by atoms with van der Waals surface area (Å²) in [6.45, 7) is 10.2. The molecule has 1 rings (SSSR count). The van der Waals surface area contributed by atoms with E-state index in [1.165, 1.54) is 24.1 Å². The molecule has 0 aliphatic carbocycles. The summed E-state index contributed by atoms with van der Waals surface area (Å²) < 4.78 is 0. The van der Waals surface area contributed by atoms with Crippen molar-refractivity contribution in [2.24, 2.45) is 11.8 Å². The van der Waals surface area contributed by atoms with E-state index in [0.717, 1.165) is 18.4 Å². The van der Waals surface area contributed by atoms with Gasteiger partial charge in [0.05, 0.1) is 0 Å². The number of para-hydroxylation sites is 1. The molecule has 1 aromatic rings. The van der Waals surface area contributed by atoms with Gasteiger partial charge in [-0.1, -0.05) is 45.9 Å². The van der Waals surface area contributed by atoms with Crippen LogP contribution in [-0.4, -0.2) is 25.0 Å². The van der Waals surface area contributed by atoms with Crippen molar-refractivity contribution in [3.05, 3.63) is 29.8 Å². The molecule has 0 amide bonds. The van der Waals surface area contributed by atoms with Crippen molar-refractivity contribution in [2.75, 3.05) is 19.4 Å². The van der Waals surface area contributed by atoms with E-state index in [1.54, 1.807) is 0 Å². The zero-order valence-corrected chi connectivity index (χ0v) is 14.1. The van der Waals surface area contributed by atoms with Gasteiger partial charge in [0.2, 0.25) is 0 Å². The van der Waals surface area contributed by atoms with E-state index in [9.17, 15) is 0 Å². The van der Waals surface area contributed by atoms with Gasteiger partial charge in [0.25, 0.3) is 0 Å². The third-order valence-corrected chi connectivity index (χ3v) is 3.38. The summed E-state index contributed by atoms with van der Waals surface area (Å²) in [5.41, 5.74) is 2.68. The maximum atomic E-state index is 3.79. The first-order valence-electron chi connectivity index (χ1n) is 7.87. The first kappa shape index (κ1) is 17.0. The third kappa shape index (κ3) is 6.42. The summed E-state index contributed by atoms with van der Waals surface area (Å²) in [7, 11) is 4.24. The molecule has 0 aliphatic heterocycles. The van der Waals surface area contributed by atoms with Crippen LogP contribution in [-0.2, 0) is 6.54 Å². The largest absolute Gasteiger partial charge is 0.382 e. The van der Waals surface area contributed by atoms with Crippen LogP contribution in [0.2, 0.25) is 0 Å². The van der Waals surface area contributed by atoms with Gasteiger partial charge in [0.1, 0.15) is 0 Å². The zero-order valence-electron chi connectivity index (χ0n) is 14.1. The van der Waals surface area contributed by atoms with Crippen LogP contribution in [0.25, 0.3) is 0 Å². The number of hydrogen-bond donors (Lipinski definition) is 1. The summed E-state index contributed by atoms with van der Waals surface area (Å²) in [6.07, 6.45) is 2.46. The topological polar surface area (TPSA) is 15.3 Å². The average Bonchev–Trinajstić information content (AvgIpc) is 2.29. The van der Waals surface area contributed by atoms with Crippen LogP contribution in [0.1, 0.15) is 46.1 Å². The normalized spacial score (nSPS) is 11.9. The molecule has 0 saturated carbocycles. The fraction of sp³-hybridized carbons (Fsp3) is 0.667. The van der Waals surface area contributed by atoms with Crippen molar-refractivity contribution in [3.63, 3.8) is 0 Å². The molecular weight excluding hydrogens is 244 g/mol. The van der Waals surface area contributed by atoms with Gasteiger partial charge in [-0.2, -0.15) is 0 Å². The molecule has 0 saturated heterocycles. The molecule has 0 aliphatic rings. The van der Waals surface area contributed by atoms with Crippen molar-refractivity contribution in [3.8, 4) is 0 Å². The maximum absolute atomic E-state index is 3.79. The molecule has 20 heavy (non-hydrogen) atoms. The van der Waals surface area contributed by atoms with E-state index in [0.29, 0.717) is 6.04 Å². The SMILES string of the molecule is CC(C)CC(CC(C)C)Nc1ccccc1CN(C)C. The van der Waals surface area contributed by atoms with E-state index >= 15 is 0 Å². The molecule has 0 fully saturated rings. The van der Waals surface area contributed by atoms with E-state index in [2.05, 4.69) is 76.3 Å². The maximum Gasteiger partial charge on any atom is 0.0388 e. The first-order valence-corrected chi connectivity index (χ1v) is 7.87. The second-order valence-corrected chi connectivity index (χ2v) is 7.00. The van der Waals surface area contributed by atoms with Gasteiger partial charge in [-0.25, -0.2) is 0 Å². The van der Waals surface area contributed by atoms with Crippen LogP contribution in [0.15, 0.2) is 24.3 Å². The predicted octanol–water partition coefficient (Wildman–Crippen LogP) is 4.62. The highest BCUT2D eigenvalue weighted by Gasteiger charge is 2.14. The minimum atomic E-state index is 0.568. The Kier molecular flexibility index (Phi) is 7.08. The van der Waals surface area contributed by atoms with E-state index in [-0.39, 0.29) is 0 Å².